The smallest absolute Gasteiger partial charge is 0.105 e. The van der Waals surface area contributed by atoms with E-state index >= 15 is 0 Å². The van der Waals surface area contributed by atoms with Gasteiger partial charge in [-0.1, -0.05) is 35.6 Å². The lowest BCUT2D eigenvalue weighted by Gasteiger charge is -2.10. The maximum Gasteiger partial charge on any atom is 0.105 e. The van der Waals surface area contributed by atoms with E-state index in [1.807, 2.05) is 43.4 Å². The highest BCUT2D eigenvalue weighted by Gasteiger charge is 2.00. The van der Waals surface area contributed by atoms with Crippen molar-refractivity contribution in [1.29, 1.82) is 5.26 Å². The Morgan fingerprint density at radius 2 is 1.67 bits per heavy atom. The Kier molecular flexibility index (Phi) is 3.67. The summed E-state index contributed by atoms with van der Waals surface area (Å²) in [6.45, 7) is 0. The predicted octanol–water partition coefficient (Wildman–Crippen LogP) is 3.69. The molecule has 2 rings (SSSR count). The maximum absolute atomic E-state index is 8.94. The third-order valence-electron chi connectivity index (χ3n) is 2.44. The summed E-state index contributed by atoms with van der Waals surface area (Å²) in [5.41, 5.74) is 2.03. The Labute approximate surface area is 106 Å². The van der Waals surface area contributed by atoms with E-state index in [9.17, 15) is 0 Å². The van der Waals surface area contributed by atoms with Crippen LogP contribution in [-0.2, 0) is 0 Å². The summed E-state index contributed by atoms with van der Waals surface area (Å²) in [5, 5.41) is 18.8. The zero-order valence-corrected chi connectivity index (χ0v) is 9.99. The second-order valence-corrected chi connectivity index (χ2v) is 3.68. The second-order valence-electron chi connectivity index (χ2n) is 3.68. The summed E-state index contributed by atoms with van der Waals surface area (Å²) in [6, 6.07) is 18.9. The first-order chi connectivity index (χ1) is 8.81. The van der Waals surface area contributed by atoms with Crippen LogP contribution in [-0.4, -0.2) is 7.05 Å². The van der Waals surface area contributed by atoms with E-state index in [2.05, 4.69) is 16.4 Å². The van der Waals surface area contributed by atoms with Crippen LogP contribution in [0, 0.1) is 11.3 Å². The fourth-order valence-electron chi connectivity index (χ4n) is 1.47. The topological polar surface area (TPSA) is 51.8 Å². The molecule has 0 fully saturated rings. The highest BCUT2D eigenvalue weighted by molar-refractivity contribution is 5.52. The van der Waals surface area contributed by atoms with Gasteiger partial charge < -0.3 is 0 Å². The molecule has 2 aromatic rings. The fraction of sp³-hybridized carbons (Fsp3) is 0.0714. The van der Waals surface area contributed by atoms with Crippen LogP contribution in [0.15, 0.2) is 64.9 Å². The maximum atomic E-state index is 8.94. The molecule has 88 valence electrons. The Bertz CT molecular complexity index is 584. The number of rotatable bonds is 3. The van der Waals surface area contributed by atoms with Gasteiger partial charge in [0.2, 0.25) is 0 Å². The molecule has 0 aliphatic rings. The number of hydrogen-bond acceptors (Lipinski definition) is 3. The lowest BCUT2D eigenvalue weighted by atomic mass is 10.2. The summed E-state index contributed by atoms with van der Waals surface area (Å²) in [4.78, 5) is 0. The summed E-state index contributed by atoms with van der Waals surface area (Å²) in [6.07, 6.45) is 0. The van der Waals surface area contributed by atoms with Crippen molar-refractivity contribution >= 4 is 11.4 Å². The van der Waals surface area contributed by atoms with Gasteiger partial charge in [0.15, 0.2) is 0 Å². The van der Waals surface area contributed by atoms with Crippen molar-refractivity contribution in [3.63, 3.8) is 0 Å². The largest absolute Gasteiger partial charge is 0.250 e. The number of anilines is 1. The van der Waals surface area contributed by atoms with Crippen LogP contribution in [0.4, 0.5) is 11.4 Å². The van der Waals surface area contributed by atoms with E-state index in [0.717, 1.165) is 5.69 Å². The summed E-state index contributed by atoms with van der Waals surface area (Å²) in [7, 11) is 1.81. The Morgan fingerprint density at radius 1 is 1.00 bits per heavy atom. The molecule has 0 amide bonds. The Balaban J connectivity index is 2.19. The zero-order chi connectivity index (χ0) is 12.8. The predicted molar refractivity (Wildman–Crippen MR) is 70.5 cm³/mol. The van der Waals surface area contributed by atoms with Crippen molar-refractivity contribution in [2.75, 3.05) is 12.1 Å². The number of nitriles is 1. The lowest BCUT2D eigenvalue weighted by molar-refractivity contribution is 0.923. The van der Waals surface area contributed by atoms with Gasteiger partial charge in [0.25, 0.3) is 0 Å². The molecule has 0 heterocycles. The minimum Gasteiger partial charge on any atom is -0.250 e. The molecule has 0 bridgehead atoms. The number of para-hydroxylation sites is 1. The van der Waals surface area contributed by atoms with Gasteiger partial charge in [0.05, 0.1) is 11.3 Å². The van der Waals surface area contributed by atoms with Crippen LogP contribution in [0.5, 0.6) is 0 Å². The van der Waals surface area contributed by atoms with Gasteiger partial charge in [-0.05, 0) is 24.3 Å². The van der Waals surface area contributed by atoms with Crippen molar-refractivity contribution < 1.29 is 0 Å². The molecule has 0 aliphatic carbocycles. The first-order valence-electron chi connectivity index (χ1n) is 5.51. The van der Waals surface area contributed by atoms with Crippen molar-refractivity contribution in [1.82, 2.24) is 0 Å². The van der Waals surface area contributed by atoms with Gasteiger partial charge in [0, 0.05) is 7.05 Å². The van der Waals surface area contributed by atoms with Crippen LogP contribution >= 0.6 is 0 Å². The Morgan fingerprint density at radius 3 is 2.39 bits per heavy atom. The molecule has 18 heavy (non-hydrogen) atoms. The van der Waals surface area contributed by atoms with Crippen LogP contribution in [0.3, 0.4) is 0 Å². The standard InChI is InChI=1S/C14H12N4/c1-18(13-8-3-2-4-9-13)17-16-14-10-6-5-7-12(14)11-15/h2-10H,1H3. The average Bonchev–Trinajstić information content (AvgIpc) is 2.46. The van der Waals surface area contributed by atoms with Crippen molar-refractivity contribution in [3.05, 3.63) is 60.2 Å². The third kappa shape index (κ3) is 2.71. The first-order valence-corrected chi connectivity index (χ1v) is 5.51. The van der Waals surface area contributed by atoms with Crippen molar-refractivity contribution in [2.45, 2.75) is 0 Å². The summed E-state index contributed by atoms with van der Waals surface area (Å²) < 4.78 is 0. The Hall–Kier alpha value is -2.67. The number of benzene rings is 2. The number of hydrogen-bond donors (Lipinski definition) is 0. The monoisotopic (exact) mass is 236 g/mol. The number of nitrogens with zero attached hydrogens (tertiary/aromatic N) is 4. The normalized spacial score (nSPS) is 10.2. The molecule has 0 aromatic heterocycles. The quantitative estimate of drug-likeness (QED) is 0.602. The molecule has 0 spiro atoms. The van der Waals surface area contributed by atoms with E-state index in [4.69, 9.17) is 5.26 Å². The molecule has 0 aliphatic heterocycles. The minimum absolute atomic E-state index is 0.516. The first kappa shape index (κ1) is 11.8. The summed E-state index contributed by atoms with van der Waals surface area (Å²) >= 11 is 0. The summed E-state index contributed by atoms with van der Waals surface area (Å²) in [5.74, 6) is 0. The van der Waals surface area contributed by atoms with Gasteiger partial charge >= 0.3 is 0 Å². The molecule has 0 saturated carbocycles. The molecule has 0 saturated heterocycles. The van der Waals surface area contributed by atoms with E-state index in [1.165, 1.54) is 0 Å². The van der Waals surface area contributed by atoms with Gasteiger partial charge in [-0.2, -0.15) is 5.26 Å². The van der Waals surface area contributed by atoms with Crippen LogP contribution in [0.2, 0.25) is 0 Å². The van der Waals surface area contributed by atoms with Crippen molar-refractivity contribution in [3.8, 4) is 6.07 Å². The van der Waals surface area contributed by atoms with Crippen LogP contribution < -0.4 is 5.01 Å². The highest BCUT2D eigenvalue weighted by Crippen LogP contribution is 2.19. The second kappa shape index (κ2) is 5.60. The lowest BCUT2D eigenvalue weighted by Crippen LogP contribution is -2.06. The molecule has 0 unspecified atom stereocenters. The molecule has 0 atom stereocenters. The fourth-order valence-corrected chi connectivity index (χ4v) is 1.47. The van der Waals surface area contributed by atoms with Crippen molar-refractivity contribution in [2.24, 2.45) is 10.3 Å². The molecule has 0 radical (unpaired) electrons. The third-order valence-corrected chi connectivity index (χ3v) is 2.44. The molecule has 2 aromatic carbocycles. The molecule has 4 nitrogen and oxygen atoms in total. The van der Waals surface area contributed by atoms with E-state index in [0.29, 0.717) is 11.3 Å². The highest BCUT2D eigenvalue weighted by atomic mass is 15.5. The van der Waals surface area contributed by atoms with E-state index < -0.39 is 0 Å². The van der Waals surface area contributed by atoms with Gasteiger partial charge in [-0.15, -0.1) is 5.11 Å². The molecular weight excluding hydrogens is 224 g/mol. The van der Waals surface area contributed by atoms with Gasteiger partial charge in [0.1, 0.15) is 11.8 Å². The zero-order valence-electron chi connectivity index (χ0n) is 9.99. The van der Waals surface area contributed by atoms with Gasteiger partial charge in [-0.25, -0.2) is 5.01 Å². The molecule has 4 heteroatoms. The molecule has 0 N–H and O–H groups in total. The van der Waals surface area contributed by atoms with Gasteiger partial charge in [-0.3, -0.25) is 0 Å². The van der Waals surface area contributed by atoms with Crippen LogP contribution in [0.25, 0.3) is 0 Å². The average molecular weight is 236 g/mol. The SMILES string of the molecule is CN(N=Nc1ccccc1C#N)c1ccccc1. The van der Waals surface area contributed by atoms with Crippen LogP contribution in [0.1, 0.15) is 5.56 Å². The van der Waals surface area contributed by atoms with E-state index in [-0.39, 0.29) is 0 Å². The van der Waals surface area contributed by atoms with E-state index in [1.54, 1.807) is 23.2 Å². The molecular formula is C14H12N4. The minimum atomic E-state index is 0.516.